The van der Waals surface area contributed by atoms with E-state index in [4.69, 9.17) is 21.6 Å². The fourth-order valence-electron chi connectivity index (χ4n) is 4.31. The maximum Gasteiger partial charge on any atom is 0.222 e. The monoisotopic (exact) mass is 484 g/mol. The first kappa shape index (κ1) is 23.3. The van der Waals surface area contributed by atoms with Crippen LogP contribution in [0.1, 0.15) is 55.1 Å². The van der Waals surface area contributed by atoms with Crippen molar-refractivity contribution in [1.29, 1.82) is 0 Å². The fraction of sp³-hybridized carbons (Fsp3) is 0.276. The molecule has 1 aliphatic carbocycles. The number of nitrogens with zero attached hydrogens (tertiary/aromatic N) is 3. The third-order valence-corrected chi connectivity index (χ3v) is 6.64. The molecule has 5 rings (SSSR count). The van der Waals surface area contributed by atoms with Crippen LogP contribution in [0.25, 0.3) is 10.9 Å². The predicted octanol–water partition coefficient (Wildman–Crippen LogP) is 6.43. The molecule has 1 amide bonds. The van der Waals surface area contributed by atoms with Crippen LogP contribution in [0.4, 0.5) is 5.82 Å². The van der Waals surface area contributed by atoms with Gasteiger partial charge in [0, 0.05) is 35.8 Å². The number of hydrogen-bond donors (Lipinski definition) is 1. The number of aromatic nitrogens is 2. The number of amides is 1. The van der Waals surface area contributed by atoms with E-state index in [9.17, 15) is 4.79 Å². The van der Waals surface area contributed by atoms with E-state index in [-0.39, 0.29) is 11.9 Å². The van der Waals surface area contributed by atoms with Gasteiger partial charge in [-0.1, -0.05) is 72.3 Å². The molecule has 1 aliphatic rings. The summed E-state index contributed by atoms with van der Waals surface area (Å²) >= 11 is 6.30. The molecule has 178 valence electrons. The molecule has 1 N–H and O–H groups in total. The molecule has 6 heteroatoms. The van der Waals surface area contributed by atoms with Gasteiger partial charge in [0.15, 0.2) is 0 Å². The molecule has 1 aromatic heterocycles. The minimum absolute atomic E-state index is 0.0169. The van der Waals surface area contributed by atoms with Gasteiger partial charge in [-0.3, -0.25) is 4.79 Å². The Balaban J connectivity index is 1.42. The Morgan fingerprint density at radius 1 is 1.03 bits per heavy atom. The number of fused-ring (bicyclic) bond motifs is 1. The Morgan fingerprint density at radius 3 is 2.46 bits per heavy atom. The number of nitrogens with one attached hydrogen (secondary N) is 1. The molecule has 35 heavy (non-hydrogen) atoms. The summed E-state index contributed by atoms with van der Waals surface area (Å²) in [5.41, 5.74) is 3.11. The summed E-state index contributed by atoms with van der Waals surface area (Å²) in [5.74, 6) is 2.16. The molecular weight excluding hydrogens is 456 g/mol. The van der Waals surface area contributed by atoms with Crippen LogP contribution in [0.3, 0.4) is 0 Å². The predicted molar refractivity (Wildman–Crippen MR) is 142 cm³/mol. The molecule has 0 saturated heterocycles. The Morgan fingerprint density at radius 2 is 1.74 bits per heavy atom. The lowest BCUT2D eigenvalue weighted by Crippen LogP contribution is -2.32. The molecule has 0 spiro atoms. The lowest BCUT2D eigenvalue weighted by molar-refractivity contribution is -0.121. The number of benzene rings is 3. The molecule has 4 aromatic rings. The molecule has 1 heterocycles. The summed E-state index contributed by atoms with van der Waals surface area (Å²) < 4.78 is 0. The summed E-state index contributed by atoms with van der Waals surface area (Å²) in [6.45, 7) is 3.21. The standard InChI is InChI=1S/C29H29ClN4O/c1-20(22-10-6-3-7-11-22)31-27(35)16-17-34(19-21-8-4-2-5-9-21)29-25-15-14-24(30)18-26(25)32-28(33-29)23-12-13-23/h2-11,14-15,18,20,23H,12-13,16-17,19H2,1H3,(H,31,35)/t20-/m1/s1. The third-order valence-electron chi connectivity index (χ3n) is 6.40. The summed E-state index contributed by atoms with van der Waals surface area (Å²) in [6.07, 6.45) is 2.59. The maximum absolute atomic E-state index is 12.9. The molecule has 0 aliphatic heterocycles. The van der Waals surface area contributed by atoms with Gasteiger partial charge in [-0.15, -0.1) is 0 Å². The zero-order chi connectivity index (χ0) is 24.2. The number of hydrogen-bond acceptors (Lipinski definition) is 4. The summed E-state index contributed by atoms with van der Waals surface area (Å²) in [7, 11) is 0. The van der Waals surface area contributed by atoms with Crippen LogP contribution in [0.15, 0.2) is 78.9 Å². The Labute approximate surface area is 211 Å². The number of carbonyl (C=O) groups excluding carboxylic acids is 1. The van der Waals surface area contributed by atoms with Crippen LogP contribution in [-0.4, -0.2) is 22.4 Å². The van der Waals surface area contributed by atoms with Crippen molar-refractivity contribution in [1.82, 2.24) is 15.3 Å². The summed E-state index contributed by atoms with van der Waals surface area (Å²) in [4.78, 5) is 25.0. The van der Waals surface area contributed by atoms with E-state index >= 15 is 0 Å². The number of rotatable bonds is 9. The van der Waals surface area contributed by atoms with Crippen molar-refractivity contribution in [3.05, 3.63) is 101 Å². The maximum atomic E-state index is 12.9. The summed E-state index contributed by atoms with van der Waals surface area (Å²) in [5, 5.41) is 4.75. The van der Waals surface area contributed by atoms with E-state index in [1.54, 1.807) is 0 Å². The van der Waals surface area contributed by atoms with E-state index in [0.29, 0.717) is 30.5 Å². The van der Waals surface area contributed by atoms with Crippen molar-refractivity contribution in [3.63, 3.8) is 0 Å². The van der Waals surface area contributed by atoms with Gasteiger partial charge in [-0.2, -0.15) is 0 Å². The number of halogens is 1. The van der Waals surface area contributed by atoms with E-state index in [1.165, 1.54) is 5.56 Å². The van der Waals surface area contributed by atoms with Crippen molar-refractivity contribution in [3.8, 4) is 0 Å². The van der Waals surface area contributed by atoms with E-state index < -0.39 is 0 Å². The lowest BCUT2D eigenvalue weighted by Gasteiger charge is -2.26. The number of carbonyl (C=O) groups is 1. The first-order valence-corrected chi connectivity index (χ1v) is 12.5. The van der Waals surface area contributed by atoms with Crippen LogP contribution >= 0.6 is 11.6 Å². The molecule has 0 unspecified atom stereocenters. The van der Waals surface area contributed by atoms with Gasteiger partial charge >= 0.3 is 0 Å². The normalized spacial score (nSPS) is 14.0. The van der Waals surface area contributed by atoms with Crippen molar-refractivity contribution in [2.24, 2.45) is 0 Å². The second-order valence-electron chi connectivity index (χ2n) is 9.20. The topological polar surface area (TPSA) is 58.1 Å². The average Bonchev–Trinajstić information content (AvgIpc) is 3.72. The summed E-state index contributed by atoms with van der Waals surface area (Å²) in [6, 6.07) is 26.0. The first-order valence-electron chi connectivity index (χ1n) is 12.2. The zero-order valence-electron chi connectivity index (χ0n) is 19.8. The largest absolute Gasteiger partial charge is 0.351 e. The Hall–Kier alpha value is -3.44. The second kappa shape index (κ2) is 10.4. The molecule has 1 atom stereocenters. The van der Waals surface area contributed by atoms with Gasteiger partial charge in [-0.05, 0) is 49.1 Å². The number of anilines is 1. The quantitative estimate of drug-likeness (QED) is 0.297. The second-order valence-corrected chi connectivity index (χ2v) is 9.63. The van der Waals surface area contributed by atoms with Crippen LogP contribution in [-0.2, 0) is 11.3 Å². The van der Waals surface area contributed by atoms with Crippen LogP contribution in [0.5, 0.6) is 0 Å². The van der Waals surface area contributed by atoms with Crippen LogP contribution in [0.2, 0.25) is 5.02 Å². The van der Waals surface area contributed by atoms with Crippen molar-refractivity contribution in [2.75, 3.05) is 11.4 Å². The zero-order valence-corrected chi connectivity index (χ0v) is 20.6. The molecule has 0 bridgehead atoms. The molecule has 1 fully saturated rings. The molecule has 1 saturated carbocycles. The Kier molecular flexibility index (Phi) is 6.96. The van der Waals surface area contributed by atoms with E-state index in [0.717, 1.165) is 41.0 Å². The fourth-order valence-corrected chi connectivity index (χ4v) is 4.47. The minimum Gasteiger partial charge on any atom is -0.351 e. The van der Waals surface area contributed by atoms with Gasteiger partial charge in [0.25, 0.3) is 0 Å². The third kappa shape index (κ3) is 5.80. The minimum atomic E-state index is -0.0465. The molecular formula is C29H29ClN4O. The van der Waals surface area contributed by atoms with Crippen molar-refractivity contribution < 1.29 is 4.79 Å². The highest BCUT2D eigenvalue weighted by molar-refractivity contribution is 6.31. The van der Waals surface area contributed by atoms with E-state index in [2.05, 4.69) is 22.3 Å². The van der Waals surface area contributed by atoms with Crippen LogP contribution < -0.4 is 10.2 Å². The van der Waals surface area contributed by atoms with Gasteiger partial charge in [0.2, 0.25) is 5.91 Å². The molecule has 0 radical (unpaired) electrons. The smallest absolute Gasteiger partial charge is 0.222 e. The molecule has 3 aromatic carbocycles. The van der Waals surface area contributed by atoms with E-state index in [1.807, 2.05) is 73.7 Å². The SMILES string of the molecule is C[C@@H](NC(=O)CCN(Cc1ccccc1)c1nc(C2CC2)nc2cc(Cl)ccc12)c1ccccc1. The van der Waals surface area contributed by atoms with Crippen LogP contribution in [0, 0.1) is 0 Å². The Bertz CT molecular complexity index is 1310. The highest BCUT2D eigenvalue weighted by Crippen LogP contribution is 2.40. The van der Waals surface area contributed by atoms with Gasteiger partial charge in [0.05, 0.1) is 11.6 Å². The first-order chi connectivity index (χ1) is 17.1. The lowest BCUT2D eigenvalue weighted by atomic mass is 10.1. The highest BCUT2D eigenvalue weighted by Gasteiger charge is 2.28. The van der Waals surface area contributed by atoms with Crippen molar-refractivity contribution >= 4 is 34.2 Å². The van der Waals surface area contributed by atoms with Crippen molar-refractivity contribution in [2.45, 2.75) is 44.7 Å². The van der Waals surface area contributed by atoms with Gasteiger partial charge in [-0.25, -0.2) is 9.97 Å². The highest BCUT2D eigenvalue weighted by atomic mass is 35.5. The average molecular weight is 485 g/mol. The van der Waals surface area contributed by atoms with Gasteiger partial charge < -0.3 is 10.2 Å². The van der Waals surface area contributed by atoms with Gasteiger partial charge in [0.1, 0.15) is 11.6 Å². The molecule has 5 nitrogen and oxygen atoms in total.